The van der Waals surface area contributed by atoms with Gasteiger partial charge in [0.25, 0.3) is 5.91 Å². The number of halogens is 1. The number of carbonyl (C=O) groups is 1. The lowest BCUT2D eigenvalue weighted by Crippen LogP contribution is -2.41. The number of benzene rings is 1. The van der Waals surface area contributed by atoms with Gasteiger partial charge in [0.2, 0.25) is 0 Å². The molecule has 1 aromatic rings. The van der Waals surface area contributed by atoms with E-state index in [4.69, 9.17) is 0 Å². The second kappa shape index (κ2) is 4.73. The first-order valence-corrected chi connectivity index (χ1v) is 5.51. The monoisotopic (exact) mass is 239 g/mol. The van der Waals surface area contributed by atoms with Crippen molar-refractivity contribution in [3.8, 4) is 5.75 Å². The van der Waals surface area contributed by atoms with Gasteiger partial charge in [-0.1, -0.05) is 20.8 Å². The zero-order valence-electron chi connectivity index (χ0n) is 10.5. The van der Waals surface area contributed by atoms with Crippen molar-refractivity contribution in [1.29, 1.82) is 0 Å². The van der Waals surface area contributed by atoms with Crippen molar-refractivity contribution in [3.05, 3.63) is 29.6 Å². The topological polar surface area (TPSA) is 49.3 Å². The van der Waals surface area contributed by atoms with Crippen LogP contribution in [0.2, 0.25) is 0 Å². The summed E-state index contributed by atoms with van der Waals surface area (Å²) in [6.45, 7) is 7.89. The van der Waals surface area contributed by atoms with E-state index in [1.807, 2.05) is 27.7 Å². The molecule has 0 heterocycles. The van der Waals surface area contributed by atoms with Gasteiger partial charge in [-0.25, -0.2) is 4.39 Å². The number of phenols is 1. The Morgan fingerprint density at radius 1 is 1.41 bits per heavy atom. The van der Waals surface area contributed by atoms with E-state index < -0.39 is 11.7 Å². The van der Waals surface area contributed by atoms with E-state index in [-0.39, 0.29) is 22.8 Å². The molecule has 4 heteroatoms. The predicted molar refractivity (Wildman–Crippen MR) is 64.4 cm³/mol. The molecular formula is C13H18FNO2. The van der Waals surface area contributed by atoms with Gasteiger partial charge in [0.1, 0.15) is 11.6 Å². The van der Waals surface area contributed by atoms with Gasteiger partial charge in [-0.15, -0.1) is 0 Å². The van der Waals surface area contributed by atoms with Crippen LogP contribution >= 0.6 is 0 Å². The minimum atomic E-state index is -0.567. The maximum atomic E-state index is 12.8. The molecule has 1 unspecified atom stereocenters. The minimum Gasteiger partial charge on any atom is -0.507 e. The van der Waals surface area contributed by atoms with Crippen molar-refractivity contribution < 1.29 is 14.3 Å². The van der Waals surface area contributed by atoms with Gasteiger partial charge >= 0.3 is 0 Å². The number of phenolic OH excluding ortho intramolecular Hbond substituents is 1. The highest BCUT2D eigenvalue weighted by Crippen LogP contribution is 2.21. The first kappa shape index (κ1) is 13.5. The van der Waals surface area contributed by atoms with E-state index in [1.54, 1.807) is 0 Å². The Balaban J connectivity index is 2.84. The van der Waals surface area contributed by atoms with Crippen molar-refractivity contribution in [3.63, 3.8) is 0 Å². The van der Waals surface area contributed by atoms with Crippen LogP contribution in [0.5, 0.6) is 5.75 Å². The number of carbonyl (C=O) groups excluding carboxylic acids is 1. The molecule has 0 aliphatic rings. The highest BCUT2D eigenvalue weighted by atomic mass is 19.1. The zero-order valence-corrected chi connectivity index (χ0v) is 10.5. The van der Waals surface area contributed by atoms with E-state index in [0.29, 0.717) is 0 Å². The lowest BCUT2D eigenvalue weighted by atomic mass is 9.88. The third-order valence-corrected chi connectivity index (χ3v) is 2.85. The molecule has 94 valence electrons. The largest absolute Gasteiger partial charge is 0.507 e. The summed E-state index contributed by atoms with van der Waals surface area (Å²) in [5.74, 6) is -1.31. The van der Waals surface area contributed by atoms with Crippen LogP contribution in [0.1, 0.15) is 38.1 Å². The predicted octanol–water partition coefficient (Wildman–Crippen LogP) is 2.70. The summed E-state index contributed by atoms with van der Waals surface area (Å²) < 4.78 is 12.8. The fourth-order valence-electron chi connectivity index (χ4n) is 1.19. The maximum Gasteiger partial charge on any atom is 0.255 e. The van der Waals surface area contributed by atoms with Crippen molar-refractivity contribution in [1.82, 2.24) is 5.32 Å². The van der Waals surface area contributed by atoms with E-state index in [9.17, 15) is 14.3 Å². The molecule has 0 radical (unpaired) electrons. The molecule has 0 bridgehead atoms. The van der Waals surface area contributed by atoms with Crippen LogP contribution in [0.4, 0.5) is 4.39 Å². The Bertz CT molecular complexity index is 424. The van der Waals surface area contributed by atoms with Gasteiger partial charge in [0.05, 0.1) is 5.56 Å². The summed E-state index contributed by atoms with van der Waals surface area (Å²) in [5.41, 5.74) is 0.00758. The zero-order chi connectivity index (χ0) is 13.2. The van der Waals surface area contributed by atoms with E-state index in [1.165, 1.54) is 6.07 Å². The molecule has 0 fully saturated rings. The van der Waals surface area contributed by atoms with E-state index >= 15 is 0 Å². The van der Waals surface area contributed by atoms with Crippen LogP contribution < -0.4 is 5.32 Å². The normalized spacial score (nSPS) is 13.2. The molecule has 17 heavy (non-hydrogen) atoms. The number of hydrogen-bond acceptors (Lipinski definition) is 2. The van der Waals surface area contributed by atoms with Crippen molar-refractivity contribution in [2.75, 3.05) is 0 Å². The molecule has 0 saturated heterocycles. The Kier molecular flexibility index (Phi) is 3.76. The average molecular weight is 239 g/mol. The Morgan fingerprint density at radius 3 is 2.47 bits per heavy atom. The van der Waals surface area contributed by atoms with Crippen LogP contribution in [-0.4, -0.2) is 17.1 Å². The van der Waals surface area contributed by atoms with Crippen LogP contribution in [0.15, 0.2) is 18.2 Å². The fourth-order valence-corrected chi connectivity index (χ4v) is 1.19. The molecular weight excluding hydrogens is 221 g/mol. The first-order valence-electron chi connectivity index (χ1n) is 5.51. The second-order valence-corrected chi connectivity index (χ2v) is 5.22. The maximum absolute atomic E-state index is 12.8. The minimum absolute atomic E-state index is 0.0561. The number of hydrogen-bond donors (Lipinski definition) is 2. The fraction of sp³-hybridized carbons (Fsp3) is 0.462. The third-order valence-electron chi connectivity index (χ3n) is 2.85. The Labute approximate surface area is 101 Å². The standard InChI is InChI=1S/C13H18FNO2/c1-8(13(2,3)4)15-12(17)10-6-5-9(14)7-11(10)16/h5-8,16H,1-4H3,(H,15,17). The number of aromatic hydroxyl groups is 1. The molecule has 1 atom stereocenters. The average Bonchev–Trinajstić information content (AvgIpc) is 2.15. The van der Waals surface area contributed by atoms with E-state index in [0.717, 1.165) is 12.1 Å². The van der Waals surface area contributed by atoms with Gasteiger partial charge in [0, 0.05) is 12.1 Å². The molecule has 3 nitrogen and oxygen atoms in total. The first-order chi connectivity index (χ1) is 7.71. The molecule has 0 aromatic heterocycles. The van der Waals surface area contributed by atoms with Crippen LogP contribution in [-0.2, 0) is 0 Å². The van der Waals surface area contributed by atoms with Crippen LogP contribution in [0, 0.1) is 11.2 Å². The summed E-state index contributed by atoms with van der Waals surface area (Å²) in [5, 5.41) is 12.3. The van der Waals surface area contributed by atoms with Gasteiger partial charge < -0.3 is 10.4 Å². The third kappa shape index (κ3) is 3.44. The quantitative estimate of drug-likeness (QED) is 0.833. The molecule has 0 saturated carbocycles. The number of amides is 1. The van der Waals surface area contributed by atoms with Crippen molar-refractivity contribution in [2.45, 2.75) is 33.7 Å². The summed E-state index contributed by atoms with van der Waals surface area (Å²) in [6, 6.07) is 3.29. The van der Waals surface area contributed by atoms with Crippen molar-refractivity contribution >= 4 is 5.91 Å². The van der Waals surface area contributed by atoms with Gasteiger partial charge in [-0.3, -0.25) is 4.79 Å². The molecule has 1 aromatic carbocycles. The summed E-state index contributed by atoms with van der Waals surface area (Å²) >= 11 is 0. The summed E-state index contributed by atoms with van der Waals surface area (Å²) in [6.07, 6.45) is 0. The SMILES string of the molecule is CC(NC(=O)c1ccc(F)cc1O)C(C)(C)C. The molecule has 0 aliphatic heterocycles. The highest BCUT2D eigenvalue weighted by Gasteiger charge is 2.23. The van der Waals surface area contributed by atoms with Gasteiger partial charge in [-0.05, 0) is 24.5 Å². The van der Waals surface area contributed by atoms with E-state index in [2.05, 4.69) is 5.32 Å². The summed E-state index contributed by atoms with van der Waals surface area (Å²) in [7, 11) is 0. The lowest BCUT2D eigenvalue weighted by molar-refractivity contribution is 0.0907. The highest BCUT2D eigenvalue weighted by molar-refractivity contribution is 5.96. The second-order valence-electron chi connectivity index (χ2n) is 5.22. The lowest BCUT2D eigenvalue weighted by Gasteiger charge is -2.28. The number of rotatable bonds is 2. The van der Waals surface area contributed by atoms with Crippen molar-refractivity contribution in [2.24, 2.45) is 5.41 Å². The summed E-state index contributed by atoms with van der Waals surface area (Å²) in [4.78, 5) is 11.8. The van der Waals surface area contributed by atoms with Gasteiger partial charge in [0.15, 0.2) is 0 Å². The van der Waals surface area contributed by atoms with Crippen LogP contribution in [0.3, 0.4) is 0 Å². The molecule has 0 spiro atoms. The Hall–Kier alpha value is -1.58. The number of nitrogens with one attached hydrogen (secondary N) is 1. The smallest absolute Gasteiger partial charge is 0.255 e. The molecule has 2 N–H and O–H groups in total. The molecule has 1 amide bonds. The Morgan fingerprint density at radius 2 is 2.00 bits per heavy atom. The van der Waals surface area contributed by atoms with Crippen LogP contribution in [0.25, 0.3) is 0 Å². The molecule has 0 aliphatic carbocycles. The molecule has 1 rings (SSSR count). The van der Waals surface area contributed by atoms with Gasteiger partial charge in [-0.2, -0.15) is 0 Å².